The minimum Gasteiger partial charge on any atom is -0.508 e. The first-order chi connectivity index (χ1) is 33.0. The second kappa shape index (κ2) is 20.3. The first kappa shape index (κ1) is 45.9. The van der Waals surface area contributed by atoms with Crippen molar-refractivity contribution < 1.29 is 48.2 Å². The van der Waals surface area contributed by atoms with Gasteiger partial charge < -0.3 is 39.4 Å². The van der Waals surface area contributed by atoms with Gasteiger partial charge in [0.2, 0.25) is 11.8 Å². The van der Waals surface area contributed by atoms with Crippen molar-refractivity contribution in [2.45, 2.75) is 26.1 Å². The van der Waals surface area contributed by atoms with Crippen LogP contribution in [0.15, 0.2) is 116 Å². The van der Waals surface area contributed by atoms with Crippen LogP contribution in [0.25, 0.3) is 22.3 Å². The van der Waals surface area contributed by atoms with E-state index in [1.165, 1.54) is 0 Å². The fourth-order valence-electron chi connectivity index (χ4n) is 9.05. The van der Waals surface area contributed by atoms with Gasteiger partial charge in [0, 0.05) is 91.2 Å². The van der Waals surface area contributed by atoms with Crippen LogP contribution in [0.1, 0.15) is 59.6 Å². The molecule has 2 fully saturated rings. The zero-order chi connectivity index (χ0) is 47.3. The van der Waals surface area contributed by atoms with Crippen LogP contribution >= 0.6 is 0 Å². The number of halogens is 2. The van der Waals surface area contributed by atoms with Crippen molar-refractivity contribution in [3.05, 3.63) is 149 Å². The standard InChI is InChI=1S/C27H27FN2O4.C26H26FN3O4/c1-17-23-12-22(32)6-7-24(23)34-27(26(17)19-3-2-4-21(31)11-19)20-5-8-25(29-14-20)33-10-9-30-15-18(13-28)16-30;1-16-21-10-20(32)5-6-23(21)34-26(25(16)18-3-2-4-19(31)9-18)22-12-29-24(13-28-22)33-8-7-30-14-17(11-27)15-30/h2-8,11-12,14,18,27,31-32H,9-10,13,15-16H2,1H3;2-6,9-10,12-13,17,26,31-32H,7-8,11,14-15H2,1H3. The molecule has 68 heavy (non-hydrogen) atoms. The summed E-state index contributed by atoms with van der Waals surface area (Å²) < 4.78 is 49.3. The molecule has 4 aromatic carbocycles. The average Bonchev–Trinajstić information content (AvgIpc) is 3.31. The van der Waals surface area contributed by atoms with Gasteiger partial charge in [0.1, 0.15) is 53.4 Å². The third kappa shape index (κ3) is 10.2. The lowest BCUT2D eigenvalue weighted by Crippen LogP contribution is -2.49. The van der Waals surface area contributed by atoms with Gasteiger partial charge in [-0.15, -0.1) is 0 Å². The highest BCUT2D eigenvalue weighted by Gasteiger charge is 2.33. The zero-order valence-corrected chi connectivity index (χ0v) is 37.8. The summed E-state index contributed by atoms with van der Waals surface area (Å²) in [6.07, 6.45) is 3.94. The van der Waals surface area contributed by atoms with Gasteiger partial charge in [0.25, 0.3) is 0 Å². The number of pyridine rings is 1. The van der Waals surface area contributed by atoms with E-state index in [2.05, 4.69) is 24.8 Å². The lowest BCUT2D eigenvalue weighted by Gasteiger charge is -2.37. The molecule has 13 nitrogen and oxygen atoms in total. The van der Waals surface area contributed by atoms with Crippen LogP contribution in [-0.2, 0) is 0 Å². The van der Waals surface area contributed by atoms with Crippen LogP contribution in [0.4, 0.5) is 8.78 Å². The third-order valence-electron chi connectivity index (χ3n) is 12.7. The molecule has 4 aliphatic heterocycles. The van der Waals surface area contributed by atoms with Crippen LogP contribution in [0, 0.1) is 11.8 Å². The summed E-state index contributed by atoms with van der Waals surface area (Å²) >= 11 is 0. The molecule has 0 radical (unpaired) electrons. The van der Waals surface area contributed by atoms with Crippen molar-refractivity contribution in [3.8, 4) is 46.3 Å². The molecule has 6 heterocycles. The number of nitrogens with zero attached hydrogens (tertiary/aromatic N) is 5. The summed E-state index contributed by atoms with van der Waals surface area (Å²) in [7, 11) is 0. The number of phenols is 4. The molecule has 15 heteroatoms. The number of hydrogen-bond acceptors (Lipinski definition) is 13. The maximum absolute atomic E-state index is 12.6. The molecule has 0 aliphatic carbocycles. The fourth-order valence-corrected chi connectivity index (χ4v) is 9.05. The second-order valence-electron chi connectivity index (χ2n) is 17.5. The van der Waals surface area contributed by atoms with Crippen LogP contribution < -0.4 is 18.9 Å². The Balaban J connectivity index is 0.000000170. The first-order valence-corrected chi connectivity index (χ1v) is 22.6. The molecular weight excluding hydrogens is 873 g/mol. The predicted octanol–water partition coefficient (Wildman–Crippen LogP) is 9.07. The number of benzene rings is 4. The molecule has 10 rings (SSSR count). The van der Waals surface area contributed by atoms with Crippen molar-refractivity contribution in [2.24, 2.45) is 11.8 Å². The normalized spacial score (nSPS) is 18.2. The van der Waals surface area contributed by atoms with E-state index in [1.54, 1.807) is 91.4 Å². The van der Waals surface area contributed by atoms with Crippen molar-refractivity contribution in [1.82, 2.24) is 24.8 Å². The molecular formula is C53H53F2N5O8. The van der Waals surface area contributed by atoms with Crippen LogP contribution in [0.2, 0.25) is 0 Å². The number of hydrogen-bond donors (Lipinski definition) is 4. The Morgan fingerprint density at radius 3 is 1.54 bits per heavy atom. The Morgan fingerprint density at radius 1 is 0.559 bits per heavy atom. The summed E-state index contributed by atoms with van der Waals surface area (Å²) in [5.41, 5.74) is 8.24. The van der Waals surface area contributed by atoms with Crippen molar-refractivity contribution >= 4 is 22.3 Å². The van der Waals surface area contributed by atoms with Crippen molar-refractivity contribution in [2.75, 3.05) is 65.8 Å². The van der Waals surface area contributed by atoms with E-state index in [9.17, 15) is 29.2 Å². The maximum atomic E-state index is 12.6. The molecule has 2 atom stereocenters. The van der Waals surface area contributed by atoms with E-state index in [-0.39, 0.29) is 48.2 Å². The summed E-state index contributed by atoms with van der Waals surface area (Å²) in [6.45, 7) is 8.96. The molecule has 0 amide bonds. The Labute approximate surface area is 393 Å². The molecule has 0 spiro atoms. The third-order valence-corrected chi connectivity index (χ3v) is 12.7. The van der Waals surface area contributed by atoms with Gasteiger partial charge in [-0.05, 0) is 103 Å². The molecule has 352 valence electrons. The van der Waals surface area contributed by atoms with E-state index >= 15 is 0 Å². The number of phenolic OH excluding ortho intramolecular Hbond substituents is 4. The molecule has 0 saturated carbocycles. The van der Waals surface area contributed by atoms with Gasteiger partial charge >= 0.3 is 0 Å². The molecule has 0 bridgehead atoms. The highest BCUT2D eigenvalue weighted by molar-refractivity contribution is 5.97. The van der Waals surface area contributed by atoms with E-state index in [0.717, 1.165) is 89.4 Å². The number of alkyl halides is 2. The number of aromatic nitrogens is 3. The SMILES string of the molecule is CC1=C(c2cccc(O)c2)C(c2ccc(OCCN3CC(CF)C3)nc2)Oc2ccc(O)cc21.CC1=C(c2cccc(O)c2)C(c2cnc(OCCN3CC(CF)C3)cn2)Oc2ccc(O)cc21. The van der Waals surface area contributed by atoms with Gasteiger partial charge in [-0.2, -0.15) is 0 Å². The lowest BCUT2D eigenvalue weighted by atomic mass is 9.86. The number of rotatable bonds is 14. The van der Waals surface area contributed by atoms with E-state index in [1.807, 2.05) is 38.1 Å². The quantitative estimate of drug-likeness (QED) is 0.0819. The summed E-state index contributed by atoms with van der Waals surface area (Å²) in [4.78, 5) is 17.8. The zero-order valence-electron chi connectivity index (χ0n) is 37.8. The molecule has 4 N–H and O–H groups in total. The number of aromatic hydroxyl groups is 4. The largest absolute Gasteiger partial charge is 0.508 e. The van der Waals surface area contributed by atoms with Gasteiger partial charge in [-0.3, -0.25) is 18.6 Å². The molecule has 2 unspecified atom stereocenters. The first-order valence-electron chi connectivity index (χ1n) is 22.6. The predicted molar refractivity (Wildman–Crippen MR) is 253 cm³/mol. The van der Waals surface area contributed by atoms with Crippen LogP contribution in [0.5, 0.6) is 46.3 Å². The van der Waals surface area contributed by atoms with Gasteiger partial charge in [0.15, 0.2) is 12.2 Å². The number of allylic oxidation sites excluding steroid dienone is 2. The highest BCUT2D eigenvalue weighted by Crippen LogP contribution is 2.49. The minimum atomic E-state index is -0.556. The molecule has 2 aromatic heterocycles. The van der Waals surface area contributed by atoms with E-state index in [0.29, 0.717) is 42.2 Å². The number of likely N-dealkylation sites (tertiary alicyclic amines) is 2. The average molecular weight is 926 g/mol. The van der Waals surface area contributed by atoms with Gasteiger partial charge in [0.05, 0.1) is 25.7 Å². The van der Waals surface area contributed by atoms with Crippen LogP contribution in [0.3, 0.4) is 0 Å². The number of fused-ring (bicyclic) bond motifs is 2. The van der Waals surface area contributed by atoms with Crippen molar-refractivity contribution in [3.63, 3.8) is 0 Å². The Morgan fingerprint density at radius 2 is 1.06 bits per heavy atom. The smallest absolute Gasteiger partial charge is 0.232 e. The topological polar surface area (TPSA) is 163 Å². The monoisotopic (exact) mass is 925 g/mol. The van der Waals surface area contributed by atoms with Crippen LogP contribution in [-0.4, -0.2) is 111 Å². The Kier molecular flexibility index (Phi) is 13.7. The van der Waals surface area contributed by atoms with Gasteiger partial charge in [-0.25, -0.2) is 15.0 Å². The maximum Gasteiger partial charge on any atom is 0.232 e. The lowest BCUT2D eigenvalue weighted by molar-refractivity contribution is 0.0661. The van der Waals surface area contributed by atoms with E-state index in [4.69, 9.17) is 18.9 Å². The molecule has 2 saturated heterocycles. The van der Waals surface area contributed by atoms with Crippen molar-refractivity contribution in [1.29, 1.82) is 0 Å². The van der Waals surface area contributed by atoms with Gasteiger partial charge in [-0.1, -0.05) is 24.3 Å². The Hall–Kier alpha value is -7.23. The molecule has 4 aliphatic rings. The second-order valence-corrected chi connectivity index (χ2v) is 17.5. The summed E-state index contributed by atoms with van der Waals surface area (Å²) in [6, 6.07) is 27.8. The summed E-state index contributed by atoms with van der Waals surface area (Å²) in [5, 5.41) is 40.2. The molecule has 6 aromatic rings. The highest BCUT2D eigenvalue weighted by atomic mass is 19.1. The Bertz CT molecular complexity index is 2610. The van der Waals surface area contributed by atoms with E-state index < -0.39 is 12.2 Å². The number of ether oxygens (including phenoxy) is 4. The fraction of sp³-hybridized carbons (Fsp3) is 0.302. The minimum absolute atomic E-state index is 0.146. The summed E-state index contributed by atoms with van der Waals surface area (Å²) in [5.74, 6) is 3.18.